The third-order valence-electron chi connectivity index (χ3n) is 5.13. The lowest BCUT2D eigenvalue weighted by Crippen LogP contribution is -2.14. The summed E-state index contributed by atoms with van der Waals surface area (Å²) < 4.78 is 12.2. The lowest BCUT2D eigenvalue weighted by molar-refractivity contribution is 0.0995. The van der Waals surface area contributed by atoms with Crippen LogP contribution in [0.25, 0.3) is 11.3 Å². The van der Waals surface area contributed by atoms with Crippen molar-refractivity contribution in [1.29, 1.82) is 5.41 Å². The first kappa shape index (κ1) is 24.6. The molecule has 33 heavy (non-hydrogen) atoms. The Morgan fingerprint density at radius 2 is 1.76 bits per heavy atom. The highest BCUT2D eigenvalue weighted by atomic mass is 32.2. The van der Waals surface area contributed by atoms with Crippen molar-refractivity contribution in [3.63, 3.8) is 0 Å². The van der Waals surface area contributed by atoms with Crippen molar-refractivity contribution in [1.82, 2.24) is 15.3 Å². The monoisotopic (exact) mass is 462 g/mol. The van der Waals surface area contributed by atoms with E-state index in [9.17, 15) is 9.00 Å². The van der Waals surface area contributed by atoms with Gasteiger partial charge in [-0.05, 0) is 36.2 Å². The zero-order chi connectivity index (χ0) is 23.8. The van der Waals surface area contributed by atoms with Gasteiger partial charge in [0.2, 0.25) is 0 Å². The van der Waals surface area contributed by atoms with Gasteiger partial charge in [0.25, 0.3) is 0 Å². The van der Waals surface area contributed by atoms with Crippen LogP contribution >= 0.6 is 0 Å². The van der Waals surface area contributed by atoms with Gasteiger partial charge in [0.05, 0.1) is 35.3 Å². The molecule has 0 saturated heterocycles. The van der Waals surface area contributed by atoms with Crippen LogP contribution in [0.5, 0.6) is 0 Å². The Balaban J connectivity index is 1.67. The smallest absolute Gasteiger partial charge is 0.188 e. The van der Waals surface area contributed by atoms with Crippen molar-refractivity contribution in [2.75, 3.05) is 6.54 Å². The Morgan fingerprint density at radius 3 is 2.39 bits per heavy atom. The molecule has 0 aliphatic rings. The summed E-state index contributed by atoms with van der Waals surface area (Å²) in [6.45, 7) is 7.72. The topological polar surface area (TPSA) is 95.8 Å². The summed E-state index contributed by atoms with van der Waals surface area (Å²) in [5.41, 5.74) is 3.71. The molecule has 1 aromatic heterocycles. The average Bonchev–Trinajstić information content (AvgIpc) is 2.84. The third kappa shape index (κ3) is 6.73. The standard InChI is InChI=1S/C26H30N4O2S/c1-4-13-28-15-19-5-7-20(8-6-19)23(27)14-26(31)25-17-29-16-24(30-25)21-9-11-22(12-10-21)33(32)18(2)3/h5-12,16-18,27-28H,4,13-15H2,1-3H3. The Morgan fingerprint density at radius 1 is 1.06 bits per heavy atom. The average molecular weight is 463 g/mol. The third-order valence-corrected chi connectivity index (χ3v) is 6.72. The minimum Gasteiger partial charge on any atom is -0.313 e. The summed E-state index contributed by atoms with van der Waals surface area (Å²) in [6, 6.07) is 15.0. The first-order valence-corrected chi connectivity index (χ1v) is 12.3. The molecule has 0 saturated carbocycles. The highest BCUT2D eigenvalue weighted by Crippen LogP contribution is 2.20. The summed E-state index contributed by atoms with van der Waals surface area (Å²) in [7, 11) is -1.06. The molecule has 2 N–H and O–H groups in total. The molecular formula is C26H30N4O2S. The normalized spacial score (nSPS) is 12.0. The van der Waals surface area contributed by atoms with Gasteiger partial charge in [-0.2, -0.15) is 0 Å². The van der Waals surface area contributed by atoms with Crippen LogP contribution in [0.2, 0.25) is 0 Å². The maximum atomic E-state index is 12.8. The molecule has 0 aliphatic carbocycles. The molecule has 7 heteroatoms. The number of ketones is 1. The molecule has 3 aromatic rings. The number of aromatic nitrogens is 2. The number of nitrogens with one attached hydrogen (secondary N) is 2. The predicted octanol–water partition coefficient (Wildman–Crippen LogP) is 4.80. The van der Waals surface area contributed by atoms with Crippen LogP contribution in [0.1, 0.15) is 55.2 Å². The van der Waals surface area contributed by atoms with E-state index in [1.54, 1.807) is 6.20 Å². The summed E-state index contributed by atoms with van der Waals surface area (Å²) in [4.78, 5) is 22.2. The maximum Gasteiger partial charge on any atom is 0.188 e. The number of benzene rings is 2. The Bertz CT molecular complexity index is 1130. The van der Waals surface area contributed by atoms with Crippen LogP contribution in [0.3, 0.4) is 0 Å². The molecular weight excluding hydrogens is 432 g/mol. The van der Waals surface area contributed by atoms with Crippen LogP contribution < -0.4 is 5.32 Å². The van der Waals surface area contributed by atoms with E-state index in [-0.39, 0.29) is 28.9 Å². The van der Waals surface area contributed by atoms with E-state index in [1.807, 2.05) is 62.4 Å². The van der Waals surface area contributed by atoms with Crippen LogP contribution in [-0.2, 0) is 17.3 Å². The fraction of sp³-hybridized carbons (Fsp3) is 0.308. The van der Waals surface area contributed by atoms with E-state index in [0.29, 0.717) is 5.69 Å². The molecule has 3 rings (SSSR count). The number of carbonyl (C=O) groups excluding carboxylic acids is 1. The van der Waals surface area contributed by atoms with Crippen molar-refractivity contribution >= 4 is 22.3 Å². The van der Waals surface area contributed by atoms with Crippen LogP contribution in [0.4, 0.5) is 0 Å². The maximum absolute atomic E-state index is 12.8. The second kappa shape index (κ2) is 11.7. The Labute approximate surface area is 197 Å². The van der Waals surface area contributed by atoms with Gasteiger partial charge >= 0.3 is 0 Å². The first-order valence-electron chi connectivity index (χ1n) is 11.1. The van der Waals surface area contributed by atoms with Gasteiger partial charge in [-0.25, -0.2) is 4.98 Å². The molecule has 0 radical (unpaired) electrons. The number of hydrogen-bond acceptors (Lipinski definition) is 6. The van der Waals surface area contributed by atoms with Gasteiger partial charge in [0.1, 0.15) is 5.69 Å². The second-order valence-corrected chi connectivity index (χ2v) is 10.1. The zero-order valence-electron chi connectivity index (χ0n) is 19.3. The summed E-state index contributed by atoms with van der Waals surface area (Å²) in [5, 5.41) is 11.7. The Hall–Kier alpha value is -3.03. The van der Waals surface area contributed by atoms with E-state index >= 15 is 0 Å². The predicted molar refractivity (Wildman–Crippen MR) is 133 cm³/mol. The number of Topliss-reactive ketones (excluding diaryl/α,β-unsaturated/α-hetero) is 1. The fourth-order valence-corrected chi connectivity index (χ4v) is 4.21. The highest BCUT2D eigenvalue weighted by molar-refractivity contribution is 7.85. The zero-order valence-corrected chi connectivity index (χ0v) is 20.1. The van der Waals surface area contributed by atoms with Gasteiger partial charge in [-0.1, -0.05) is 57.2 Å². The van der Waals surface area contributed by atoms with E-state index < -0.39 is 10.8 Å². The van der Waals surface area contributed by atoms with Crippen LogP contribution in [-0.4, -0.2) is 37.5 Å². The number of rotatable bonds is 11. The lowest BCUT2D eigenvalue weighted by Gasteiger charge is -2.08. The molecule has 0 amide bonds. The fourth-order valence-electron chi connectivity index (χ4n) is 3.26. The molecule has 0 bridgehead atoms. The first-order chi connectivity index (χ1) is 15.9. The second-order valence-electron chi connectivity index (χ2n) is 8.11. The van der Waals surface area contributed by atoms with Gasteiger partial charge < -0.3 is 10.7 Å². The molecule has 0 aliphatic heterocycles. The van der Waals surface area contributed by atoms with Crippen molar-refractivity contribution < 1.29 is 9.00 Å². The SMILES string of the molecule is CCCNCc1ccc(C(=N)CC(=O)c2cncc(-c3ccc(S(=O)C(C)C)cc3)n2)cc1. The van der Waals surface area contributed by atoms with E-state index in [1.165, 1.54) is 6.20 Å². The number of carbonyl (C=O) groups is 1. The highest BCUT2D eigenvalue weighted by Gasteiger charge is 2.14. The van der Waals surface area contributed by atoms with Gasteiger partial charge in [0, 0.05) is 28.0 Å². The van der Waals surface area contributed by atoms with Crippen LogP contribution in [0.15, 0.2) is 65.8 Å². The van der Waals surface area contributed by atoms with Crippen LogP contribution in [0, 0.1) is 5.41 Å². The summed E-state index contributed by atoms with van der Waals surface area (Å²) >= 11 is 0. The van der Waals surface area contributed by atoms with Gasteiger partial charge in [-0.3, -0.25) is 14.0 Å². The van der Waals surface area contributed by atoms with Crippen molar-refractivity contribution in [2.45, 2.75) is 50.3 Å². The molecule has 1 heterocycles. The van der Waals surface area contributed by atoms with E-state index in [2.05, 4.69) is 22.2 Å². The summed E-state index contributed by atoms with van der Waals surface area (Å²) in [5.74, 6) is -0.249. The lowest BCUT2D eigenvalue weighted by atomic mass is 10.0. The minimum absolute atomic E-state index is 0.0424. The quantitative estimate of drug-likeness (QED) is 0.242. The number of nitrogens with zero attached hydrogens (tertiary/aromatic N) is 2. The Kier molecular flexibility index (Phi) is 8.74. The molecule has 1 unspecified atom stereocenters. The minimum atomic E-state index is -1.06. The van der Waals surface area contributed by atoms with Gasteiger partial charge in [0.15, 0.2) is 5.78 Å². The van der Waals surface area contributed by atoms with E-state index in [0.717, 1.165) is 41.1 Å². The molecule has 1 atom stereocenters. The van der Waals surface area contributed by atoms with Crippen molar-refractivity contribution in [2.24, 2.45) is 0 Å². The van der Waals surface area contributed by atoms with E-state index in [4.69, 9.17) is 5.41 Å². The molecule has 172 valence electrons. The molecule has 0 fully saturated rings. The van der Waals surface area contributed by atoms with Crippen molar-refractivity contribution in [3.05, 3.63) is 77.7 Å². The van der Waals surface area contributed by atoms with Gasteiger partial charge in [-0.15, -0.1) is 0 Å². The molecule has 2 aromatic carbocycles. The van der Waals surface area contributed by atoms with Crippen molar-refractivity contribution in [3.8, 4) is 11.3 Å². The number of hydrogen-bond donors (Lipinski definition) is 2. The largest absolute Gasteiger partial charge is 0.313 e. The molecule has 0 spiro atoms. The summed E-state index contributed by atoms with van der Waals surface area (Å²) in [6.07, 6.45) is 4.07. The molecule has 6 nitrogen and oxygen atoms in total.